The number of methoxy groups -OCH3 is 1. The Hall–Kier alpha value is -3.44. The summed E-state index contributed by atoms with van der Waals surface area (Å²) in [5.74, 6) is 2.47. The number of allylic oxidation sites excluding steroid dienone is 2. The summed E-state index contributed by atoms with van der Waals surface area (Å²) >= 11 is 1.80. The summed E-state index contributed by atoms with van der Waals surface area (Å²) in [6.45, 7) is 6.26. The third-order valence-electron chi connectivity index (χ3n) is 6.36. The number of hydrogen-bond acceptors (Lipinski definition) is 8. The molecule has 0 saturated carbocycles. The minimum Gasteiger partial charge on any atom is -0.497 e. The maximum Gasteiger partial charge on any atom is 0.262 e. The first-order valence-corrected chi connectivity index (χ1v) is 14.3. The fourth-order valence-electron chi connectivity index (χ4n) is 4.48. The van der Waals surface area contributed by atoms with E-state index in [2.05, 4.69) is 97.1 Å². The number of anilines is 1. The quantitative estimate of drug-likeness (QED) is 0.288. The Bertz CT molecular complexity index is 1520. The zero-order chi connectivity index (χ0) is 28.2. The van der Waals surface area contributed by atoms with Gasteiger partial charge in [0.25, 0.3) is 5.01 Å². The van der Waals surface area contributed by atoms with Crippen molar-refractivity contribution in [2.45, 2.75) is 13.8 Å². The molecule has 0 spiro atoms. The fraction of sp³-hybridized carbons (Fsp3) is 0.207. The molecule has 0 bridgehead atoms. The first-order chi connectivity index (χ1) is 18.6. The molecule has 0 saturated heterocycles. The van der Waals surface area contributed by atoms with E-state index in [1.807, 2.05) is 12.1 Å². The van der Waals surface area contributed by atoms with E-state index in [-0.39, 0.29) is 0 Å². The summed E-state index contributed by atoms with van der Waals surface area (Å²) in [4.78, 5) is 2.33. The van der Waals surface area contributed by atoms with Crippen LogP contribution in [-0.4, -0.2) is 20.2 Å². The van der Waals surface area contributed by atoms with Crippen LogP contribution in [0.3, 0.4) is 0 Å². The Morgan fingerprint density at radius 3 is 2.23 bits per heavy atom. The molecule has 0 aliphatic carbocycles. The lowest BCUT2D eigenvalue weighted by Gasteiger charge is -2.27. The first-order valence-electron chi connectivity index (χ1n) is 12.3. The van der Waals surface area contributed by atoms with E-state index in [9.17, 15) is 0 Å². The molecule has 1 aliphatic heterocycles. The molecule has 0 amide bonds. The second-order valence-electron chi connectivity index (χ2n) is 8.60. The van der Waals surface area contributed by atoms with Gasteiger partial charge in [-0.1, -0.05) is 35.6 Å². The van der Waals surface area contributed by atoms with Crippen molar-refractivity contribution in [3.8, 4) is 17.2 Å². The molecule has 204 valence electrons. The highest BCUT2D eigenvalue weighted by Gasteiger charge is 2.23. The van der Waals surface area contributed by atoms with E-state index in [0.29, 0.717) is 0 Å². The number of thiazole rings is 1. The molecule has 0 atom stereocenters. The molecule has 10 heteroatoms. The van der Waals surface area contributed by atoms with Crippen LogP contribution >= 0.6 is 11.3 Å². The van der Waals surface area contributed by atoms with Crippen LogP contribution < -0.4 is 37.6 Å². The van der Waals surface area contributed by atoms with Crippen molar-refractivity contribution in [1.29, 1.82) is 0 Å². The molecule has 39 heavy (non-hydrogen) atoms. The highest BCUT2D eigenvalue weighted by Crippen LogP contribution is 2.46. The van der Waals surface area contributed by atoms with Crippen molar-refractivity contribution in [3.05, 3.63) is 89.0 Å². The number of fused-ring (bicyclic) bond motifs is 3. The van der Waals surface area contributed by atoms with E-state index < -0.39 is 10.2 Å². The van der Waals surface area contributed by atoms with Gasteiger partial charge in [0.1, 0.15) is 29.0 Å². The Morgan fingerprint density at radius 1 is 0.949 bits per heavy atom. The second-order valence-corrected chi connectivity index (χ2v) is 10.4. The van der Waals surface area contributed by atoms with Crippen molar-refractivity contribution >= 4 is 38.9 Å². The van der Waals surface area contributed by atoms with Crippen LogP contribution in [0.25, 0.3) is 21.9 Å². The molecule has 1 aromatic heterocycles. The molecule has 5 rings (SSSR count). The van der Waals surface area contributed by atoms with Gasteiger partial charge in [-0.15, -0.1) is 10.2 Å². The van der Waals surface area contributed by atoms with Crippen LogP contribution in [0.5, 0.6) is 17.2 Å². The normalized spacial score (nSPS) is 13.5. The minimum absolute atomic E-state index is 0.786. The molecule has 8 nitrogen and oxygen atoms in total. The van der Waals surface area contributed by atoms with Crippen LogP contribution in [-0.2, 0) is 7.05 Å². The lowest BCUT2D eigenvalue weighted by Crippen LogP contribution is -2.68. The summed E-state index contributed by atoms with van der Waals surface area (Å²) < 4.78 is 49.3. The monoisotopic (exact) mass is 568 g/mol. The van der Waals surface area contributed by atoms with Gasteiger partial charge in [-0.05, 0) is 49.8 Å². The van der Waals surface area contributed by atoms with Crippen molar-refractivity contribution < 1.29 is 42.9 Å². The third-order valence-corrected chi connectivity index (χ3v) is 7.54. The molecule has 4 aromatic rings. The largest absolute Gasteiger partial charge is 0.497 e. The number of aromatic nitrogens is 1. The molecule has 0 fully saturated rings. The second kappa shape index (κ2) is 12.2. The number of nitrogens with zero attached hydrogens (tertiary/aromatic N) is 2. The van der Waals surface area contributed by atoms with Gasteiger partial charge in [0, 0.05) is 54.2 Å². The average molecular weight is 569 g/mol. The van der Waals surface area contributed by atoms with Gasteiger partial charge in [-0.3, -0.25) is 0 Å². The minimum atomic E-state index is -4.94. The number of ether oxygens (including phenoxy) is 2. The Kier molecular flexibility index (Phi) is 8.91. The molecule has 0 N–H and O–H groups in total. The summed E-state index contributed by atoms with van der Waals surface area (Å²) in [5, 5.41) is 1.21. The molecule has 1 aliphatic rings. The van der Waals surface area contributed by atoms with Gasteiger partial charge in [0.05, 0.1) is 7.11 Å². The summed E-state index contributed by atoms with van der Waals surface area (Å²) in [5.41, 5.74) is 5.72. The topological polar surface area (TPSA) is 118 Å². The van der Waals surface area contributed by atoms with Gasteiger partial charge in [0.2, 0.25) is 5.52 Å². The van der Waals surface area contributed by atoms with Crippen molar-refractivity contribution in [3.63, 3.8) is 0 Å². The predicted octanol–water partition coefficient (Wildman–Crippen LogP) is 2.08. The Labute approximate surface area is 233 Å². The zero-order valence-corrected chi connectivity index (χ0v) is 23.6. The number of rotatable bonds is 6. The van der Waals surface area contributed by atoms with Gasteiger partial charge in [-0.2, -0.15) is 4.57 Å². The fourth-order valence-corrected chi connectivity index (χ4v) is 5.54. The third kappa shape index (κ3) is 6.77. The van der Waals surface area contributed by atoms with Crippen LogP contribution in [0.15, 0.2) is 72.8 Å². The SMILES string of the molecule is CCN(CC)c1ccc2c(c1)Oc1cc(OC)ccc1/C2=C\C=C\c1sc2ccccc2[n+]1C.[O-][Cl+3]([O-])([O-])[O-]. The van der Waals surface area contributed by atoms with Crippen LogP contribution in [0, 0.1) is 10.2 Å². The molecule has 3 aromatic carbocycles. The first kappa shape index (κ1) is 28.6. The molecular formula is C29H29ClN2O6S. The highest BCUT2D eigenvalue weighted by molar-refractivity contribution is 7.18. The van der Waals surface area contributed by atoms with E-state index in [4.69, 9.17) is 28.1 Å². The number of benzene rings is 3. The highest BCUT2D eigenvalue weighted by atomic mass is 35.7. The van der Waals surface area contributed by atoms with Gasteiger partial charge < -0.3 is 14.4 Å². The van der Waals surface area contributed by atoms with E-state index in [1.165, 1.54) is 20.9 Å². The lowest BCUT2D eigenvalue weighted by molar-refractivity contribution is -2.00. The van der Waals surface area contributed by atoms with Crippen LogP contribution in [0.2, 0.25) is 0 Å². The smallest absolute Gasteiger partial charge is 0.262 e. The van der Waals surface area contributed by atoms with Gasteiger partial charge >= 0.3 is 0 Å². The Balaban J connectivity index is 0.000000648. The molecule has 0 unspecified atom stereocenters. The van der Waals surface area contributed by atoms with Gasteiger partial charge in [-0.25, -0.2) is 18.6 Å². The number of para-hydroxylation sites is 1. The standard InChI is InChI=1S/C29H29N2O2S.ClHO4/c1-5-31(6-2)20-14-16-23-22(24-17-15-21(32-4)19-27(24)33-26(23)18-20)10-9-13-29-30(3)25-11-7-8-12-28(25)34-29;2-1(3,4)5/h7-19H,5-6H2,1-4H3;(H,2,3,4,5)/q+1;/p-1. The Morgan fingerprint density at radius 2 is 1.59 bits per heavy atom. The maximum atomic E-state index is 8.49. The average Bonchev–Trinajstić information content (AvgIpc) is 3.22. The van der Waals surface area contributed by atoms with E-state index in [1.54, 1.807) is 18.4 Å². The predicted molar refractivity (Wildman–Crippen MR) is 142 cm³/mol. The van der Waals surface area contributed by atoms with Crippen LogP contribution in [0.4, 0.5) is 5.69 Å². The van der Waals surface area contributed by atoms with Crippen LogP contribution in [0.1, 0.15) is 30.0 Å². The van der Waals surface area contributed by atoms with Crippen molar-refractivity contribution in [2.24, 2.45) is 7.05 Å². The molecule has 2 heterocycles. The number of hydrogen-bond donors (Lipinski definition) is 0. The maximum absolute atomic E-state index is 8.49. The summed E-state index contributed by atoms with van der Waals surface area (Å²) in [6.07, 6.45) is 6.51. The lowest BCUT2D eigenvalue weighted by atomic mass is 9.93. The number of halogens is 1. The van der Waals surface area contributed by atoms with E-state index in [0.717, 1.165) is 47.0 Å². The van der Waals surface area contributed by atoms with Crippen molar-refractivity contribution in [2.75, 3.05) is 25.1 Å². The van der Waals surface area contributed by atoms with E-state index >= 15 is 0 Å². The molecular weight excluding hydrogens is 540 g/mol. The van der Waals surface area contributed by atoms with Gasteiger partial charge in [0.15, 0.2) is 0 Å². The molecule has 0 radical (unpaired) electrons. The summed E-state index contributed by atoms with van der Waals surface area (Å²) in [6, 6.07) is 21.0. The number of aryl methyl sites for hydroxylation is 1. The zero-order valence-electron chi connectivity index (χ0n) is 22.0. The summed E-state index contributed by atoms with van der Waals surface area (Å²) in [7, 11) is -1.15. The van der Waals surface area contributed by atoms with Crippen molar-refractivity contribution in [1.82, 2.24) is 0 Å².